The van der Waals surface area contributed by atoms with Crippen LogP contribution in [0.15, 0.2) is 36.4 Å². The van der Waals surface area contributed by atoms with E-state index in [1.165, 1.54) is 11.1 Å². The molecule has 0 saturated carbocycles. The highest BCUT2D eigenvalue weighted by atomic mass is 16.5. The van der Waals surface area contributed by atoms with Gasteiger partial charge in [0.2, 0.25) is 0 Å². The monoisotopic (exact) mass is 257 g/mol. The second kappa shape index (κ2) is 5.65. The second-order valence-corrected chi connectivity index (χ2v) is 4.56. The van der Waals surface area contributed by atoms with Crippen molar-refractivity contribution in [3.63, 3.8) is 0 Å². The molecule has 3 heteroatoms. The van der Waals surface area contributed by atoms with Gasteiger partial charge in [0.15, 0.2) is 0 Å². The van der Waals surface area contributed by atoms with Gasteiger partial charge in [-0.15, -0.1) is 0 Å². The first-order valence-electron chi connectivity index (χ1n) is 6.23. The Labute approximate surface area is 114 Å². The fourth-order valence-corrected chi connectivity index (χ4v) is 1.92. The van der Waals surface area contributed by atoms with E-state index in [2.05, 4.69) is 19.9 Å². The maximum atomic E-state index is 5.87. The third-order valence-electron chi connectivity index (χ3n) is 3.24. The first kappa shape index (κ1) is 13.3. The van der Waals surface area contributed by atoms with Crippen LogP contribution in [-0.4, -0.2) is 7.11 Å². The number of nitrogens with two attached hydrogens (primary N) is 1. The zero-order valence-corrected chi connectivity index (χ0v) is 11.6. The average Bonchev–Trinajstić information content (AvgIpc) is 2.40. The summed E-state index contributed by atoms with van der Waals surface area (Å²) in [6, 6.07) is 11.8. The average molecular weight is 257 g/mol. The van der Waals surface area contributed by atoms with Gasteiger partial charge in [-0.1, -0.05) is 18.2 Å². The summed E-state index contributed by atoms with van der Waals surface area (Å²) >= 11 is 0. The summed E-state index contributed by atoms with van der Waals surface area (Å²) in [5.41, 5.74) is 9.93. The number of benzene rings is 2. The van der Waals surface area contributed by atoms with Gasteiger partial charge in [0.1, 0.15) is 18.1 Å². The number of rotatable bonds is 4. The number of methoxy groups -OCH3 is 1. The number of hydrogen-bond donors (Lipinski definition) is 1. The SMILES string of the molecule is COc1ccc(COc2cccc(C)c2C)cc1N. The van der Waals surface area contributed by atoms with Crippen LogP contribution in [0.3, 0.4) is 0 Å². The van der Waals surface area contributed by atoms with Gasteiger partial charge >= 0.3 is 0 Å². The fraction of sp³-hybridized carbons (Fsp3) is 0.250. The van der Waals surface area contributed by atoms with Gasteiger partial charge in [0, 0.05) is 0 Å². The minimum Gasteiger partial charge on any atom is -0.495 e. The lowest BCUT2D eigenvalue weighted by atomic mass is 10.1. The number of hydrogen-bond acceptors (Lipinski definition) is 3. The summed E-state index contributed by atoms with van der Waals surface area (Å²) in [7, 11) is 1.61. The highest BCUT2D eigenvalue weighted by molar-refractivity contribution is 5.54. The molecule has 0 atom stereocenters. The van der Waals surface area contributed by atoms with Crippen LogP contribution < -0.4 is 15.2 Å². The van der Waals surface area contributed by atoms with E-state index < -0.39 is 0 Å². The lowest BCUT2D eigenvalue weighted by Crippen LogP contribution is -2.00. The molecule has 0 radical (unpaired) electrons. The van der Waals surface area contributed by atoms with E-state index >= 15 is 0 Å². The fourth-order valence-electron chi connectivity index (χ4n) is 1.92. The number of aryl methyl sites for hydroxylation is 1. The van der Waals surface area contributed by atoms with Crippen LogP contribution in [0, 0.1) is 13.8 Å². The van der Waals surface area contributed by atoms with Crippen molar-refractivity contribution in [3.05, 3.63) is 53.1 Å². The predicted molar refractivity (Wildman–Crippen MR) is 77.7 cm³/mol. The van der Waals surface area contributed by atoms with E-state index in [-0.39, 0.29) is 0 Å². The van der Waals surface area contributed by atoms with Crippen molar-refractivity contribution < 1.29 is 9.47 Å². The van der Waals surface area contributed by atoms with Gasteiger partial charge < -0.3 is 15.2 Å². The van der Waals surface area contributed by atoms with Crippen molar-refractivity contribution >= 4 is 5.69 Å². The van der Waals surface area contributed by atoms with Crippen molar-refractivity contribution in [1.82, 2.24) is 0 Å². The van der Waals surface area contributed by atoms with Gasteiger partial charge in [0.25, 0.3) is 0 Å². The van der Waals surface area contributed by atoms with E-state index in [0.29, 0.717) is 18.0 Å². The molecule has 2 N–H and O–H groups in total. The smallest absolute Gasteiger partial charge is 0.141 e. The van der Waals surface area contributed by atoms with Crippen LogP contribution >= 0.6 is 0 Å². The summed E-state index contributed by atoms with van der Waals surface area (Å²) in [5.74, 6) is 1.60. The van der Waals surface area contributed by atoms with Crippen LogP contribution in [0.2, 0.25) is 0 Å². The van der Waals surface area contributed by atoms with Crippen LogP contribution in [0.1, 0.15) is 16.7 Å². The Balaban J connectivity index is 2.10. The number of nitrogen functional groups attached to an aromatic ring is 1. The van der Waals surface area contributed by atoms with Crippen LogP contribution in [-0.2, 0) is 6.61 Å². The summed E-state index contributed by atoms with van der Waals surface area (Å²) in [6.45, 7) is 4.64. The Kier molecular flexibility index (Phi) is 3.95. The minimum absolute atomic E-state index is 0.498. The van der Waals surface area contributed by atoms with Crippen molar-refractivity contribution in [3.8, 4) is 11.5 Å². The Bertz CT molecular complexity index is 579. The maximum absolute atomic E-state index is 5.87. The standard InChI is InChI=1S/C16H19NO2/c1-11-5-4-6-15(12(11)2)19-10-13-7-8-16(18-3)14(17)9-13/h4-9H,10,17H2,1-3H3. The Hall–Kier alpha value is -2.16. The lowest BCUT2D eigenvalue weighted by Gasteiger charge is -2.12. The quantitative estimate of drug-likeness (QED) is 0.853. The third-order valence-corrected chi connectivity index (χ3v) is 3.24. The first-order chi connectivity index (χ1) is 9.11. The molecule has 0 amide bonds. The molecule has 2 rings (SSSR count). The Morgan fingerprint density at radius 1 is 1.05 bits per heavy atom. The van der Waals surface area contributed by atoms with Crippen molar-refractivity contribution in [2.24, 2.45) is 0 Å². The lowest BCUT2D eigenvalue weighted by molar-refractivity contribution is 0.303. The topological polar surface area (TPSA) is 44.5 Å². The molecule has 0 fully saturated rings. The molecule has 0 aliphatic carbocycles. The molecule has 100 valence electrons. The highest BCUT2D eigenvalue weighted by Gasteiger charge is 2.04. The van der Waals surface area contributed by atoms with E-state index in [4.69, 9.17) is 15.2 Å². The van der Waals surface area contributed by atoms with Gasteiger partial charge in [-0.2, -0.15) is 0 Å². The van der Waals surface area contributed by atoms with Crippen molar-refractivity contribution in [2.45, 2.75) is 20.5 Å². The Morgan fingerprint density at radius 2 is 1.84 bits per heavy atom. The second-order valence-electron chi connectivity index (χ2n) is 4.56. The molecule has 0 aliphatic rings. The van der Waals surface area contributed by atoms with E-state index in [1.54, 1.807) is 7.11 Å². The first-order valence-corrected chi connectivity index (χ1v) is 6.23. The Morgan fingerprint density at radius 3 is 2.53 bits per heavy atom. The van der Waals surface area contributed by atoms with Crippen molar-refractivity contribution in [2.75, 3.05) is 12.8 Å². The molecule has 0 heterocycles. The van der Waals surface area contributed by atoms with Crippen molar-refractivity contribution in [1.29, 1.82) is 0 Å². The minimum atomic E-state index is 0.498. The molecule has 3 nitrogen and oxygen atoms in total. The maximum Gasteiger partial charge on any atom is 0.141 e. The summed E-state index contributed by atoms with van der Waals surface area (Å²) in [5, 5.41) is 0. The normalized spacial score (nSPS) is 10.3. The molecule has 2 aromatic rings. The van der Waals surface area contributed by atoms with Gasteiger partial charge in [-0.3, -0.25) is 0 Å². The molecule has 19 heavy (non-hydrogen) atoms. The van der Waals surface area contributed by atoms with Crippen LogP contribution in [0.5, 0.6) is 11.5 Å². The highest BCUT2D eigenvalue weighted by Crippen LogP contribution is 2.24. The van der Waals surface area contributed by atoms with Gasteiger partial charge in [0.05, 0.1) is 12.8 Å². The molecule has 0 saturated heterocycles. The molecule has 0 spiro atoms. The van der Waals surface area contributed by atoms with E-state index in [9.17, 15) is 0 Å². The zero-order valence-electron chi connectivity index (χ0n) is 11.6. The molecule has 0 unspecified atom stereocenters. The van der Waals surface area contributed by atoms with E-state index in [0.717, 1.165) is 11.3 Å². The summed E-state index contributed by atoms with van der Waals surface area (Å²) in [4.78, 5) is 0. The molecule has 2 aromatic carbocycles. The zero-order chi connectivity index (χ0) is 13.8. The van der Waals surface area contributed by atoms with Crippen LogP contribution in [0.25, 0.3) is 0 Å². The number of ether oxygens (including phenoxy) is 2. The molecule has 0 aliphatic heterocycles. The summed E-state index contributed by atoms with van der Waals surface area (Å²) < 4.78 is 11.0. The molecular weight excluding hydrogens is 238 g/mol. The molecule has 0 bridgehead atoms. The summed E-state index contributed by atoms with van der Waals surface area (Å²) in [6.07, 6.45) is 0. The predicted octanol–water partition coefficient (Wildman–Crippen LogP) is 3.47. The third kappa shape index (κ3) is 2.99. The van der Waals surface area contributed by atoms with Gasteiger partial charge in [-0.05, 0) is 48.7 Å². The number of anilines is 1. The van der Waals surface area contributed by atoms with Gasteiger partial charge in [-0.25, -0.2) is 0 Å². The molecular formula is C16H19NO2. The van der Waals surface area contributed by atoms with E-state index in [1.807, 2.05) is 30.3 Å². The largest absolute Gasteiger partial charge is 0.495 e. The molecule has 0 aromatic heterocycles. The van der Waals surface area contributed by atoms with Crippen LogP contribution in [0.4, 0.5) is 5.69 Å².